The van der Waals surface area contributed by atoms with Crippen LogP contribution in [0.4, 0.5) is 0 Å². The molecule has 12 heavy (non-hydrogen) atoms. The number of ether oxygens (including phenoxy) is 1. The topological polar surface area (TPSA) is 26.3 Å². The Morgan fingerprint density at radius 2 is 2.00 bits per heavy atom. The zero-order chi connectivity index (χ0) is 8.97. The maximum atomic E-state index is 10.7. The Morgan fingerprint density at radius 3 is 2.50 bits per heavy atom. The summed E-state index contributed by atoms with van der Waals surface area (Å²) in [6.45, 7) is 1.67. The summed E-state index contributed by atoms with van der Waals surface area (Å²) in [4.78, 5) is 10.7. The van der Waals surface area contributed by atoms with Crippen LogP contribution >= 0.6 is 12.6 Å². The third-order valence-electron chi connectivity index (χ3n) is 1.40. The largest absolute Gasteiger partial charge is 0.482 e. The van der Waals surface area contributed by atoms with Crippen molar-refractivity contribution in [2.45, 2.75) is 13.0 Å². The molecular formula is C9H10O2S. The molecule has 0 aliphatic rings. The fourth-order valence-corrected chi connectivity index (χ4v) is 0.806. The minimum atomic E-state index is -0.490. The Kier molecular flexibility index (Phi) is 3.17. The molecule has 0 aliphatic carbocycles. The lowest BCUT2D eigenvalue weighted by atomic mass is 10.3. The molecule has 1 aromatic carbocycles. The second kappa shape index (κ2) is 4.16. The minimum absolute atomic E-state index is 0.265. The summed E-state index contributed by atoms with van der Waals surface area (Å²) in [6.07, 6.45) is -0.490. The lowest BCUT2D eigenvalue weighted by Gasteiger charge is -2.09. The molecule has 0 aromatic heterocycles. The van der Waals surface area contributed by atoms with Gasteiger partial charge in [-0.3, -0.25) is 4.79 Å². The van der Waals surface area contributed by atoms with Crippen LogP contribution in [-0.2, 0) is 4.79 Å². The van der Waals surface area contributed by atoms with Crippen LogP contribution in [0.2, 0.25) is 0 Å². The van der Waals surface area contributed by atoms with Crippen molar-refractivity contribution in [3.63, 3.8) is 0 Å². The van der Waals surface area contributed by atoms with Gasteiger partial charge in [0.1, 0.15) is 5.75 Å². The Morgan fingerprint density at radius 1 is 1.42 bits per heavy atom. The monoisotopic (exact) mass is 182 g/mol. The number of carbonyl (C=O) groups excluding carboxylic acids is 1. The quantitative estimate of drug-likeness (QED) is 0.723. The normalized spacial score (nSPS) is 12.2. The van der Waals surface area contributed by atoms with E-state index in [0.717, 1.165) is 0 Å². The number of hydrogen-bond donors (Lipinski definition) is 1. The minimum Gasteiger partial charge on any atom is -0.482 e. The van der Waals surface area contributed by atoms with Crippen molar-refractivity contribution in [3.05, 3.63) is 30.3 Å². The molecule has 0 saturated heterocycles. The first-order chi connectivity index (χ1) is 5.70. The van der Waals surface area contributed by atoms with Crippen LogP contribution in [0.3, 0.4) is 0 Å². The Balaban J connectivity index is 2.58. The van der Waals surface area contributed by atoms with Crippen LogP contribution in [0.25, 0.3) is 0 Å². The number of carbonyl (C=O) groups is 1. The van der Waals surface area contributed by atoms with Crippen molar-refractivity contribution in [1.29, 1.82) is 0 Å². The van der Waals surface area contributed by atoms with E-state index in [1.807, 2.05) is 18.2 Å². The van der Waals surface area contributed by atoms with E-state index in [4.69, 9.17) is 4.74 Å². The predicted molar refractivity (Wildman–Crippen MR) is 50.5 cm³/mol. The van der Waals surface area contributed by atoms with Crippen molar-refractivity contribution >= 4 is 17.7 Å². The highest BCUT2D eigenvalue weighted by Crippen LogP contribution is 2.11. The van der Waals surface area contributed by atoms with Gasteiger partial charge in [-0.1, -0.05) is 18.2 Å². The first kappa shape index (κ1) is 9.13. The third-order valence-corrected chi connectivity index (χ3v) is 1.77. The molecular weight excluding hydrogens is 172 g/mol. The molecule has 0 radical (unpaired) electrons. The van der Waals surface area contributed by atoms with Crippen LogP contribution in [0.15, 0.2) is 30.3 Å². The van der Waals surface area contributed by atoms with Crippen molar-refractivity contribution < 1.29 is 9.53 Å². The standard InChI is InChI=1S/C9H10O2S/c1-7(9(10)12)11-8-5-3-2-4-6-8/h2-7H,1H3,(H,10,12). The molecule has 2 nitrogen and oxygen atoms in total. The second-order valence-corrected chi connectivity index (χ2v) is 2.85. The lowest BCUT2D eigenvalue weighted by molar-refractivity contribution is -0.116. The Hall–Kier alpha value is -0.960. The molecule has 0 spiro atoms. The van der Waals surface area contributed by atoms with E-state index in [-0.39, 0.29) is 5.12 Å². The van der Waals surface area contributed by atoms with E-state index < -0.39 is 6.10 Å². The van der Waals surface area contributed by atoms with Gasteiger partial charge in [0.25, 0.3) is 0 Å². The molecule has 1 rings (SSSR count). The smallest absolute Gasteiger partial charge is 0.226 e. The fourth-order valence-electron chi connectivity index (χ4n) is 0.754. The van der Waals surface area contributed by atoms with Gasteiger partial charge in [0, 0.05) is 0 Å². The molecule has 1 atom stereocenters. The van der Waals surface area contributed by atoms with Gasteiger partial charge in [-0.25, -0.2) is 0 Å². The summed E-state index contributed by atoms with van der Waals surface area (Å²) in [7, 11) is 0. The lowest BCUT2D eigenvalue weighted by Crippen LogP contribution is -2.18. The molecule has 1 aromatic rings. The molecule has 0 saturated carbocycles. The van der Waals surface area contributed by atoms with Crippen molar-refractivity contribution in [3.8, 4) is 5.75 Å². The van der Waals surface area contributed by atoms with Gasteiger partial charge >= 0.3 is 0 Å². The van der Waals surface area contributed by atoms with Gasteiger partial charge in [0.05, 0.1) is 0 Å². The van der Waals surface area contributed by atoms with Crippen molar-refractivity contribution in [2.24, 2.45) is 0 Å². The van der Waals surface area contributed by atoms with E-state index in [0.29, 0.717) is 5.75 Å². The van der Waals surface area contributed by atoms with E-state index in [1.165, 1.54) is 0 Å². The fraction of sp³-hybridized carbons (Fsp3) is 0.222. The van der Waals surface area contributed by atoms with Gasteiger partial charge in [-0.2, -0.15) is 0 Å². The highest BCUT2D eigenvalue weighted by atomic mass is 32.1. The highest BCUT2D eigenvalue weighted by Gasteiger charge is 2.08. The molecule has 0 N–H and O–H groups in total. The van der Waals surface area contributed by atoms with Gasteiger partial charge in [0.15, 0.2) is 6.10 Å². The first-order valence-electron chi connectivity index (χ1n) is 3.64. The van der Waals surface area contributed by atoms with E-state index in [9.17, 15) is 4.79 Å². The SMILES string of the molecule is CC(Oc1ccccc1)C(=O)S. The van der Waals surface area contributed by atoms with Gasteiger partial charge in [-0.05, 0) is 19.1 Å². The average Bonchev–Trinajstić information content (AvgIpc) is 2.06. The van der Waals surface area contributed by atoms with Gasteiger partial charge in [-0.15, -0.1) is 12.6 Å². The molecule has 3 heteroatoms. The average molecular weight is 182 g/mol. The molecule has 0 bridgehead atoms. The molecule has 0 amide bonds. The molecule has 0 fully saturated rings. The second-order valence-electron chi connectivity index (χ2n) is 2.41. The van der Waals surface area contributed by atoms with Crippen LogP contribution < -0.4 is 4.74 Å². The Labute approximate surface area is 77.0 Å². The summed E-state index contributed by atoms with van der Waals surface area (Å²) in [5.74, 6) is 0.687. The summed E-state index contributed by atoms with van der Waals surface area (Å²) in [6, 6.07) is 9.19. The predicted octanol–water partition coefficient (Wildman–Crippen LogP) is 1.91. The summed E-state index contributed by atoms with van der Waals surface area (Å²) >= 11 is 3.66. The van der Waals surface area contributed by atoms with Crippen LogP contribution in [0.1, 0.15) is 6.92 Å². The summed E-state index contributed by atoms with van der Waals surface area (Å²) in [5.41, 5.74) is 0. The zero-order valence-corrected chi connectivity index (χ0v) is 7.62. The Bertz CT molecular complexity index is 258. The number of benzene rings is 1. The molecule has 64 valence electrons. The maximum Gasteiger partial charge on any atom is 0.226 e. The summed E-state index contributed by atoms with van der Waals surface area (Å²) < 4.78 is 5.25. The van der Waals surface area contributed by atoms with Gasteiger partial charge in [0.2, 0.25) is 5.12 Å². The van der Waals surface area contributed by atoms with Crippen molar-refractivity contribution in [1.82, 2.24) is 0 Å². The van der Waals surface area contributed by atoms with E-state index in [2.05, 4.69) is 12.6 Å². The molecule has 0 aliphatic heterocycles. The summed E-state index contributed by atoms with van der Waals surface area (Å²) in [5, 5.41) is -0.265. The van der Waals surface area contributed by atoms with Crippen LogP contribution in [-0.4, -0.2) is 11.2 Å². The van der Waals surface area contributed by atoms with Crippen LogP contribution in [0.5, 0.6) is 5.75 Å². The van der Waals surface area contributed by atoms with Crippen LogP contribution in [0, 0.1) is 0 Å². The van der Waals surface area contributed by atoms with E-state index in [1.54, 1.807) is 19.1 Å². The maximum absolute atomic E-state index is 10.7. The number of para-hydroxylation sites is 1. The highest BCUT2D eigenvalue weighted by molar-refractivity contribution is 7.96. The number of rotatable bonds is 3. The molecule has 0 heterocycles. The third kappa shape index (κ3) is 2.58. The number of hydrogen-bond acceptors (Lipinski definition) is 2. The first-order valence-corrected chi connectivity index (χ1v) is 4.09. The van der Waals surface area contributed by atoms with Crippen molar-refractivity contribution in [2.75, 3.05) is 0 Å². The van der Waals surface area contributed by atoms with E-state index >= 15 is 0 Å². The molecule has 1 unspecified atom stereocenters. The number of thiol groups is 1. The van der Waals surface area contributed by atoms with Gasteiger partial charge < -0.3 is 4.74 Å². The zero-order valence-electron chi connectivity index (χ0n) is 6.73.